The lowest BCUT2D eigenvalue weighted by Crippen LogP contribution is -2.28. The number of aromatic nitrogens is 5. The van der Waals surface area contributed by atoms with E-state index in [4.69, 9.17) is 15.1 Å². The Kier molecular flexibility index (Phi) is 5.95. The molecule has 0 spiro atoms. The van der Waals surface area contributed by atoms with E-state index in [1.54, 1.807) is 0 Å². The minimum atomic E-state index is 0.0716. The normalized spacial score (nSPS) is 12.2. The number of nitrogen functional groups attached to an aromatic ring is 1. The summed E-state index contributed by atoms with van der Waals surface area (Å²) in [5.74, 6) is 0.578. The van der Waals surface area contributed by atoms with Crippen LogP contribution in [-0.2, 0) is 0 Å². The van der Waals surface area contributed by atoms with Crippen LogP contribution in [0.2, 0.25) is 0 Å². The Labute approximate surface area is 197 Å². The lowest BCUT2D eigenvalue weighted by molar-refractivity contribution is 0.524. The fraction of sp³-hybridized carbons (Fsp3) is 0.231. The maximum atomic E-state index is 6.12. The summed E-state index contributed by atoms with van der Waals surface area (Å²) in [6, 6.07) is 22.9. The number of unbranched alkanes of at least 4 members (excludes halogenated alkanes) is 1. The monoisotopic (exact) mass is 453 g/mol. The van der Waals surface area contributed by atoms with Gasteiger partial charge in [-0.3, -0.25) is 0 Å². The number of nitrogens with zero attached hydrogens (tertiary/aromatic N) is 5. The predicted octanol–water partition coefficient (Wildman–Crippen LogP) is 5.62. The number of para-hydroxylation sites is 1. The summed E-state index contributed by atoms with van der Waals surface area (Å²) < 4.78 is 6.11. The van der Waals surface area contributed by atoms with E-state index >= 15 is 0 Å². The van der Waals surface area contributed by atoms with Gasteiger partial charge in [0.15, 0.2) is 5.58 Å². The smallest absolute Gasteiger partial charge is 0.298 e. The molecule has 2 aromatic heterocycles. The first kappa shape index (κ1) is 21.6. The Hall–Kier alpha value is -4.20. The number of H-pyrrole nitrogens is 1. The van der Waals surface area contributed by atoms with Crippen molar-refractivity contribution < 1.29 is 4.42 Å². The molecule has 0 saturated heterocycles. The van der Waals surface area contributed by atoms with Gasteiger partial charge in [0.25, 0.3) is 6.01 Å². The summed E-state index contributed by atoms with van der Waals surface area (Å²) in [4.78, 5) is 6.94. The molecule has 0 aliphatic rings. The molecule has 0 radical (unpaired) electrons. The van der Waals surface area contributed by atoms with Gasteiger partial charge >= 0.3 is 0 Å². The van der Waals surface area contributed by atoms with Gasteiger partial charge in [0.2, 0.25) is 5.82 Å². The number of nitrogens with two attached hydrogens (primary N) is 1. The van der Waals surface area contributed by atoms with Crippen LogP contribution in [0.25, 0.3) is 33.6 Å². The number of aromatic amines is 1. The molecular weight excluding hydrogens is 426 g/mol. The average Bonchev–Trinajstić information content (AvgIpc) is 3.56. The summed E-state index contributed by atoms with van der Waals surface area (Å²) in [5.41, 5.74) is 12.4. The molecule has 3 aromatic carbocycles. The Morgan fingerprint density at radius 3 is 2.50 bits per heavy atom. The topological polar surface area (TPSA) is 110 Å². The zero-order valence-electron chi connectivity index (χ0n) is 19.3. The number of benzene rings is 3. The molecule has 0 bridgehead atoms. The van der Waals surface area contributed by atoms with Gasteiger partial charge in [-0.25, -0.2) is 0 Å². The van der Waals surface area contributed by atoms with E-state index in [1.807, 2.05) is 36.4 Å². The second-order valence-corrected chi connectivity index (χ2v) is 8.32. The van der Waals surface area contributed by atoms with Crippen LogP contribution < -0.4 is 10.6 Å². The van der Waals surface area contributed by atoms with E-state index in [1.165, 1.54) is 5.56 Å². The fourth-order valence-corrected chi connectivity index (χ4v) is 4.19. The van der Waals surface area contributed by atoms with E-state index in [9.17, 15) is 0 Å². The van der Waals surface area contributed by atoms with Gasteiger partial charge in [0.05, 0.1) is 11.7 Å². The largest absolute Gasteiger partial charge is 0.423 e. The summed E-state index contributed by atoms with van der Waals surface area (Å²) >= 11 is 0. The van der Waals surface area contributed by atoms with E-state index in [2.05, 4.69) is 69.7 Å². The van der Waals surface area contributed by atoms with E-state index in [0.29, 0.717) is 28.6 Å². The number of hydrogen-bond donors (Lipinski definition) is 2. The fourth-order valence-electron chi connectivity index (χ4n) is 4.19. The maximum absolute atomic E-state index is 6.12. The molecule has 2 heterocycles. The molecule has 172 valence electrons. The molecule has 0 unspecified atom stereocenters. The first-order chi connectivity index (χ1) is 16.7. The highest BCUT2D eigenvalue weighted by Crippen LogP contribution is 2.34. The quantitative estimate of drug-likeness (QED) is 0.293. The average molecular weight is 454 g/mol. The minimum Gasteiger partial charge on any atom is -0.423 e. The molecule has 0 aliphatic heterocycles. The SMILES string of the molecule is CCCCN(c1nc2c(N)cccc2o1)[C@H](C)c1ccc(-c2ccccc2-c2nn[nH]n2)cc1. The number of hydrogen-bond acceptors (Lipinski definition) is 7. The Balaban J connectivity index is 1.46. The zero-order valence-corrected chi connectivity index (χ0v) is 19.3. The number of tetrazole rings is 1. The van der Waals surface area contributed by atoms with E-state index in [0.717, 1.165) is 36.1 Å². The molecule has 0 aliphatic carbocycles. The lowest BCUT2D eigenvalue weighted by Gasteiger charge is -2.28. The van der Waals surface area contributed by atoms with Gasteiger partial charge in [-0.2, -0.15) is 10.2 Å². The Morgan fingerprint density at radius 2 is 1.79 bits per heavy atom. The van der Waals surface area contributed by atoms with Crippen LogP contribution in [0.5, 0.6) is 0 Å². The van der Waals surface area contributed by atoms with Crippen LogP contribution in [0.4, 0.5) is 11.7 Å². The molecule has 34 heavy (non-hydrogen) atoms. The summed E-state index contributed by atoms with van der Waals surface area (Å²) in [7, 11) is 0. The van der Waals surface area contributed by atoms with Crippen molar-refractivity contribution in [2.24, 2.45) is 0 Å². The van der Waals surface area contributed by atoms with Gasteiger partial charge < -0.3 is 15.1 Å². The van der Waals surface area contributed by atoms with E-state index in [-0.39, 0.29) is 6.04 Å². The maximum Gasteiger partial charge on any atom is 0.298 e. The summed E-state index contributed by atoms with van der Waals surface area (Å²) in [6.07, 6.45) is 2.12. The van der Waals surface area contributed by atoms with Crippen molar-refractivity contribution in [3.63, 3.8) is 0 Å². The van der Waals surface area contributed by atoms with Crippen LogP contribution in [-0.4, -0.2) is 32.2 Å². The standard InChI is InChI=1S/C26H27N7O/c1-3-4-16-33(26-28-24-22(27)10-7-11-23(24)34-26)17(2)18-12-14-19(15-13-18)20-8-5-6-9-21(20)25-29-31-32-30-25/h5-15,17H,3-4,16,27H2,1-2H3,(H,29,30,31,32)/t17-/m1/s1. The first-order valence-electron chi connectivity index (χ1n) is 11.5. The third-order valence-corrected chi connectivity index (χ3v) is 6.12. The first-order valence-corrected chi connectivity index (χ1v) is 11.5. The number of oxazole rings is 1. The minimum absolute atomic E-state index is 0.0716. The van der Waals surface area contributed by atoms with Crippen molar-refractivity contribution in [1.29, 1.82) is 0 Å². The molecule has 3 N–H and O–H groups in total. The molecule has 5 rings (SSSR count). The van der Waals surface area contributed by atoms with Crippen LogP contribution in [0.1, 0.15) is 38.3 Å². The number of fused-ring (bicyclic) bond motifs is 1. The molecular formula is C26H27N7O. The van der Waals surface area contributed by atoms with Crippen molar-refractivity contribution in [3.8, 4) is 22.5 Å². The predicted molar refractivity (Wildman–Crippen MR) is 134 cm³/mol. The van der Waals surface area contributed by atoms with Gasteiger partial charge in [-0.1, -0.05) is 67.9 Å². The summed E-state index contributed by atoms with van der Waals surface area (Å²) in [5, 5.41) is 14.5. The van der Waals surface area contributed by atoms with Gasteiger partial charge in [0.1, 0.15) is 5.52 Å². The molecule has 0 fully saturated rings. The van der Waals surface area contributed by atoms with Gasteiger partial charge in [-0.05, 0) is 47.4 Å². The van der Waals surface area contributed by atoms with Crippen molar-refractivity contribution >= 4 is 22.8 Å². The number of nitrogens with one attached hydrogen (secondary N) is 1. The highest BCUT2D eigenvalue weighted by Gasteiger charge is 2.22. The van der Waals surface area contributed by atoms with Crippen molar-refractivity contribution in [1.82, 2.24) is 25.6 Å². The highest BCUT2D eigenvalue weighted by atomic mass is 16.4. The van der Waals surface area contributed by atoms with Crippen molar-refractivity contribution in [2.45, 2.75) is 32.7 Å². The van der Waals surface area contributed by atoms with Crippen LogP contribution in [0, 0.1) is 0 Å². The second kappa shape index (κ2) is 9.35. The van der Waals surface area contributed by atoms with Gasteiger partial charge in [-0.15, -0.1) is 10.2 Å². The molecule has 5 aromatic rings. The van der Waals surface area contributed by atoms with Crippen molar-refractivity contribution in [3.05, 3.63) is 72.3 Å². The number of anilines is 2. The third kappa shape index (κ3) is 4.10. The van der Waals surface area contributed by atoms with Crippen LogP contribution >= 0.6 is 0 Å². The molecule has 8 nitrogen and oxygen atoms in total. The summed E-state index contributed by atoms with van der Waals surface area (Å²) in [6.45, 7) is 5.20. The lowest BCUT2D eigenvalue weighted by atomic mass is 9.97. The Morgan fingerprint density at radius 1 is 1.00 bits per heavy atom. The highest BCUT2D eigenvalue weighted by molar-refractivity contribution is 5.86. The molecule has 0 saturated carbocycles. The zero-order chi connectivity index (χ0) is 23.5. The van der Waals surface area contributed by atoms with Crippen molar-refractivity contribution in [2.75, 3.05) is 17.2 Å². The molecule has 8 heteroatoms. The molecule has 1 atom stereocenters. The molecule has 0 amide bonds. The van der Waals surface area contributed by atoms with Crippen LogP contribution in [0.15, 0.2) is 71.1 Å². The van der Waals surface area contributed by atoms with E-state index < -0.39 is 0 Å². The van der Waals surface area contributed by atoms with Crippen LogP contribution in [0.3, 0.4) is 0 Å². The third-order valence-electron chi connectivity index (χ3n) is 6.12. The second-order valence-electron chi connectivity index (χ2n) is 8.32. The Bertz CT molecular complexity index is 1380. The van der Waals surface area contributed by atoms with Gasteiger partial charge in [0, 0.05) is 12.1 Å². The number of rotatable bonds is 8.